The molecule has 1 amide bonds. The summed E-state index contributed by atoms with van der Waals surface area (Å²) in [4.78, 5) is 10.9. The van der Waals surface area contributed by atoms with E-state index >= 15 is 0 Å². The second-order valence-electron chi connectivity index (χ2n) is 3.76. The molecule has 0 atom stereocenters. The number of hydrogen-bond donors (Lipinski definition) is 2. The summed E-state index contributed by atoms with van der Waals surface area (Å²) in [6.45, 7) is 2.85. The molecule has 1 aromatic rings. The van der Waals surface area contributed by atoms with Crippen molar-refractivity contribution in [3.63, 3.8) is 0 Å². The first-order valence-corrected chi connectivity index (χ1v) is 6.48. The van der Waals surface area contributed by atoms with E-state index in [1.165, 1.54) is 23.8 Å². The van der Waals surface area contributed by atoms with Crippen LogP contribution in [0.2, 0.25) is 0 Å². The minimum atomic E-state index is -5.47. The van der Waals surface area contributed by atoms with E-state index in [9.17, 15) is 26.4 Å². The second-order valence-corrected chi connectivity index (χ2v) is 5.44. The number of carbonyl (C=O) groups is 1. The molecule has 0 bridgehead atoms. The molecule has 19 heavy (non-hydrogen) atoms. The average molecular weight is 296 g/mol. The number of benzene rings is 1. The van der Waals surface area contributed by atoms with Crippen molar-refractivity contribution in [3.05, 3.63) is 23.8 Å². The van der Waals surface area contributed by atoms with Crippen LogP contribution >= 0.6 is 0 Å². The van der Waals surface area contributed by atoms with Gasteiger partial charge in [0.05, 0.1) is 5.69 Å². The van der Waals surface area contributed by atoms with E-state index < -0.39 is 21.4 Å². The van der Waals surface area contributed by atoms with Gasteiger partial charge in [0, 0.05) is 12.6 Å². The Morgan fingerprint density at radius 2 is 1.84 bits per heavy atom. The molecule has 0 saturated heterocycles. The van der Waals surface area contributed by atoms with Crippen LogP contribution in [0.25, 0.3) is 0 Å². The van der Waals surface area contributed by atoms with Crippen molar-refractivity contribution in [2.75, 3.05) is 10.0 Å². The molecule has 0 aliphatic carbocycles. The van der Waals surface area contributed by atoms with Crippen LogP contribution < -0.4 is 10.0 Å². The normalized spacial score (nSPS) is 12.1. The van der Waals surface area contributed by atoms with E-state index in [2.05, 4.69) is 5.32 Å². The lowest BCUT2D eigenvalue weighted by atomic mass is 10.2. The van der Waals surface area contributed by atoms with Crippen molar-refractivity contribution in [2.24, 2.45) is 0 Å². The molecule has 0 aromatic heterocycles. The van der Waals surface area contributed by atoms with Crippen LogP contribution in [0.3, 0.4) is 0 Å². The van der Waals surface area contributed by atoms with Crippen LogP contribution in [-0.4, -0.2) is 19.8 Å². The molecule has 0 unspecified atom stereocenters. The highest BCUT2D eigenvalue weighted by atomic mass is 32.2. The molecule has 1 rings (SSSR count). The first-order valence-electron chi connectivity index (χ1n) is 5.00. The van der Waals surface area contributed by atoms with E-state index in [1.807, 2.05) is 0 Å². The fourth-order valence-electron chi connectivity index (χ4n) is 1.22. The van der Waals surface area contributed by atoms with Crippen LogP contribution in [0.5, 0.6) is 0 Å². The number of aryl methyl sites for hydroxylation is 1. The molecule has 0 saturated carbocycles. The summed E-state index contributed by atoms with van der Waals surface area (Å²) in [7, 11) is -5.47. The van der Waals surface area contributed by atoms with Crippen molar-refractivity contribution >= 4 is 27.3 Å². The van der Waals surface area contributed by atoms with Crippen molar-refractivity contribution in [1.29, 1.82) is 0 Å². The van der Waals surface area contributed by atoms with Crippen LogP contribution in [0.15, 0.2) is 18.2 Å². The number of anilines is 2. The van der Waals surface area contributed by atoms with E-state index in [0.29, 0.717) is 5.56 Å². The molecule has 0 aliphatic heterocycles. The third-order valence-corrected chi connectivity index (χ3v) is 3.22. The standard InChI is InChI=1S/C10H11F3N2O3S/c1-6-3-4-8(5-9(6)14-7(2)16)15-19(17,18)10(11,12)13/h3-5,15H,1-2H3,(H,14,16). The van der Waals surface area contributed by atoms with E-state index in [1.54, 1.807) is 6.92 Å². The molecule has 2 N–H and O–H groups in total. The molecule has 0 heterocycles. The van der Waals surface area contributed by atoms with Gasteiger partial charge in [-0.1, -0.05) is 6.07 Å². The highest BCUT2D eigenvalue weighted by Crippen LogP contribution is 2.27. The molecule has 0 aliphatic rings. The van der Waals surface area contributed by atoms with Gasteiger partial charge < -0.3 is 5.32 Å². The lowest BCUT2D eigenvalue weighted by molar-refractivity contribution is -0.114. The van der Waals surface area contributed by atoms with Gasteiger partial charge in [0.15, 0.2) is 0 Å². The maximum Gasteiger partial charge on any atom is 0.516 e. The Labute approximate surface area is 107 Å². The largest absolute Gasteiger partial charge is 0.516 e. The Morgan fingerprint density at radius 3 is 2.32 bits per heavy atom. The number of rotatable bonds is 3. The Balaban J connectivity index is 3.08. The Hall–Kier alpha value is -1.77. The van der Waals surface area contributed by atoms with E-state index in [0.717, 1.165) is 6.07 Å². The van der Waals surface area contributed by atoms with Crippen molar-refractivity contribution in [1.82, 2.24) is 0 Å². The molecule has 106 valence electrons. The van der Waals surface area contributed by atoms with E-state index in [-0.39, 0.29) is 11.4 Å². The van der Waals surface area contributed by atoms with Crippen LogP contribution in [0.1, 0.15) is 12.5 Å². The lowest BCUT2D eigenvalue weighted by Crippen LogP contribution is -2.29. The fourth-order valence-corrected chi connectivity index (χ4v) is 1.78. The summed E-state index contributed by atoms with van der Waals surface area (Å²) in [5.41, 5.74) is -4.86. The summed E-state index contributed by atoms with van der Waals surface area (Å²) < 4.78 is 59.8. The number of halogens is 3. The topological polar surface area (TPSA) is 75.3 Å². The summed E-state index contributed by atoms with van der Waals surface area (Å²) >= 11 is 0. The smallest absolute Gasteiger partial charge is 0.326 e. The average Bonchev–Trinajstić information content (AvgIpc) is 2.20. The fraction of sp³-hybridized carbons (Fsp3) is 0.300. The first kappa shape index (κ1) is 15.3. The molecular formula is C10H11F3N2O3S. The van der Waals surface area contributed by atoms with Gasteiger partial charge in [0.25, 0.3) is 0 Å². The minimum absolute atomic E-state index is 0.231. The van der Waals surface area contributed by atoms with Gasteiger partial charge in [-0.3, -0.25) is 9.52 Å². The van der Waals surface area contributed by atoms with Gasteiger partial charge in [-0.05, 0) is 24.6 Å². The van der Waals surface area contributed by atoms with Crippen molar-refractivity contribution in [2.45, 2.75) is 19.4 Å². The van der Waals surface area contributed by atoms with Gasteiger partial charge in [-0.25, -0.2) is 0 Å². The second kappa shape index (κ2) is 5.08. The lowest BCUT2D eigenvalue weighted by Gasteiger charge is -2.13. The minimum Gasteiger partial charge on any atom is -0.326 e. The van der Waals surface area contributed by atoms with Gasteiger partial charge in [-0.15, -0.1) is 0 Å². The predicted molar refractivity (Wildman–Crippen MR) is 64.1 cm³/mol. The van der Waals surface area contributed by atoms with E-state index in [4.69, 9.17) is 0 Å². The Kier molecular flexibility index (Phi) is 4.09. The van der Waals surface area contributed by atoms with Gasteiger partial charge in [0.1, 0.15) is 0 Å². The van der Waals surface area contributed by atoms with Crippen molar-refractivity contribution < 1.29 is 26.4 Å². The number of sulfonamides is 1. The summed E-state index contributed by atoms with van der Waals surface area (Å²) in [5, 5.41) is 2.38. The molecule has 0 fully saturated rings. The summed E-state index contributed by atoms with van der Waals surface area (Å²) in [5.74, 6) is -0.418. The van der Waals surface area contributed by atoms with Crippen LogP contribution in [0, 0.1) is 6.92 Å². The zero-order chi connectivity index (χ0) is 14.8. The zero-order valence-corrected chi connectivity index (χ0v) is 10.8. The third-order valence-electron chi connectivity index (χ3n) is 2.11. The van der Waals surface area contributed by atoms with Gasteiger partial charge >= 0.3 is 15.5 Å². The summed E-state index contributed by atoms with van der Waals surface area (Å²) in [6.07, 6.45) is 0. The monoisotopic (exact) mass is 296 g/mol. The van der Waals surface area contributed by atoms with Crippen LogP contribution in [-0.2, 0) is 14.8 Å². The highest BCUT2D eigenvalue weighted by Gasteiger charge is 2.46. The molecule has 1 aromatic carbocycles. The summed E-state index contributed by atoms with van der Waals surface area (Å²) in [6, 6.07) is 3.67. The molecule has 0 radical (unpaired) electrons. The number of alkyl halides is 3. The molecule has 0 spiro atoms. The zero-order valence-electron chi connectivity index (χ0n) is 10.00. The van der Waals surface area contributed by atoms with Crippen molar-refractivity contribution in [3.8, 4) is 0 Å². The number of nitrogens with one attached hydrogen (secondary N) is 2. The third kappa shape index (κ3) is 3.85. The van der Waals surface area contributed by atoms with Gasteiger partial charge in [-0.2, -0.15) is 21.6 Å². The number of amides is 1. The van der Waals surface area contributed by atoms with Gasteiger partial charge in [0.2, 0.25) is 5.91 Å². The number of hydrogen-bond acceptors (Lipinski definition) is 3. The quantitative estimate of drug-likeness (QED) is 0.898. The SMILES string of the molecule is CC(=O)Nc1cc(NS(=O)(=O)C(F)(F)F)ccc1C. The molecular weight excluding hydrogens is 285 g/mol. The molecule has 9 heteroatoms. The highest BCUT2D eigenvalue weighted by molar-refractivity contribution is 7.93. The predicted octanol–water partition coefficient (Wildman–Crippen LogP) is 2.21. The Bertz CT molecular complexity index is 597. The first-order chi connectivity index (χ1) is 8.53. The maximum atomic E-state index is 12.2. The molecule has 5 nitrogen and oxygen atoms in total. The Morgan fingerprint density at radius 1 is 1.26 bits per heavy atom. The van der Waals surface area contributed by atoms with Crippen LogP contribution in [0.4, 0.5) is 24.5 Å². The number of carbonyl (C=O) groups excluding carboxylic acids is 1. The maximum absolute atomic E-state index is 12.2.